The fraction of sp³-hybridized carbons (Fsp3) is 0.444. The van der Waals surface area contributed by atoms with E-state index in [4.69, 9.17) is 4.42 Å². The van der Waals surface area contributed by atoms with Gasteiger partial charge in [-0.3, -0.25) is 4.90 Å². The molecule has 0 fully saturated rings. The minimum absolute atomic E-state index is 0.821. The summed E-state index contributed by atoms with van der Waals surface area (Å²) in [6, 6.07) is 14.8. The van der Waals surface area contributed by atoms with Crippen molar-refractivity contribution in [1.82, 2.24) is 10.2 Å². The predicted octanol–water partition coefficient (Wildman–Crippen LogP) is 3.45. The van der Waals surface area contributed by atoms with E-state index in [2.05, 4.69) is 66.7 Å². The van der Waals surface area contributed by atoms with Crippen LogP contribution in [-0.4, -0.2) is 25.0 Å². The van der Waals surface area contributed by atoms with Gasteiger partial charge in [-0.05, 0) is 44.1 Å². The summed E-state index contributed by atoms with van der Waals surface area (Å²) in [6.07, 6.45) is 2.22. The third kappa shape index (κ3) is 5.74. The number of rotatable bonds is 9. The molecule has 3 nitrogen and oxygen atoms in total. The second-order valence-electron chi connectivity index (χ2n) is 5.52. The van der Waals surface area contributed by atoms with Crippen LogP contribution < -0.4 is 5.32 Å². The van der Waals surface area contributed by atoms with Crippen molar-refractivity contribution in [2.75, 3.05) is 20.1 Å². The minimum atomic E-state index is 0.821. The number of likely N-dealkylation sites (N-methyl/N-ethyl adjacent to an activating group) is 1. The molecule has 0 amide bonds. The quantitative estimate of drug-likeness (QED) is 0.716. The lowest BCUT2D eigenvalue weighted by atomic mass is 10.1. The summed E-state index contributed by atoms with van der Waals surface area (Å²) >= 11 is 0. The smallest absolute Gasteiger partial charge is 0.118 e. The number of hydrogen-bond donors (Lipinski definition) is 1. The van der Waals surface area contributed by atoms with Gasteiger partial charge >= 0.3 is 0 Å². The monoisotopic (exact) mass is 286 g/mol. The van der Waals surface area contributed by atoms with Crippen LogP contribution in [0.2, 0.25) is 0 Å². The molecule has 0 bridgehead atoms. The van der Waals surface area contributed by atoms with Gasteiger partial charge in [-0.25, -0.2) is 0 Å². The Balaban J connectivity index is 1.73. The normalized spacial score (nSPS) is 11.2. The number of benzene rings is 1. The highest BCUT2D eigenvalue weighted by Crippen LogP contribution is 2.10. The zero-order valence-electron chi connectivity index (χ0n) is 13.1. The van der Waals surface area contributed by atoms with E-state index in [0.717, 1.165) is 50.5 Å². The molecule has 1 N–H and O–H groups in total. The van der Waals surface area contributed by atoms with Gasteiger partial charge in [-0.2, -0.15) is 0 Å². The van der Waals surface area contributed by atoms with Crippen molar-refractivity contribution in [3.63, 3.8) is 0 Å². The van der Waals surface area contributed by atoms with Crippen LogP contribution in [0.1, 0.15) is 30.4 Å². The second kappa shape index (κ2) is 8.65. The van der Waals surface area contributed by atoms with Gasteiger partial charge in [0, 0.05) is 6.54 Å². The lowest BCUT2D eigenvalue weighted by Crippen LogP contribution is -2.20. The molecular weight excluding hydrogens is 260 g/mol. The number of nitrogens with zero attached hydrogens (tertiary/aromatic N) is 1. The number of hydrogen-bond acceptors (Lipinski definition) is 3. The molecular formula is C18H26N2O. The van der Waals surface area contributed by atoms with Crippen LogP contribution in [0.25, 0.3) is 0 Å². The van der Waals surface area contributed by atoms with Crippen molar-refractivity contribution < 1.29 is 4.42 Å². The minimum Gasteiger partial charge on any atom is -0.463 e. The lowest BCUT2D eigenvalue weighted by molar-refractivity contribution is 0.292. The van der Waals surface area contributed by atoms with Gasteiger partial charge in [0.15, 0.2) is 0 Å². The van der Waals surface area contributed by atoms with Gasteiger partial charge in [0.05, 0.1) is 13.1 Å². The lowest BCUT2D eigenvalue weighted by Gasteiger charge is -2.15. The molecule has 0 atom stereocenters. The van der Waals surface area contributed by atoms with Gasteiger partial charge < -0.3 is 9.73 Å². The van der Waals surface area contributed by atoms with Gasteiger partial charge in [-0.1, -0.05) is 37.3 Å². The van der Waals surface area contributed by atoms with Crippen LogP contribution >= 0.6 is 0 Å². The first-order valence-electron chi connectivity index (χ1n) is 7.78. The van der Waals surface area contributed by atoms with Gasteiger partial charge in [0.25, 0.3) is 0 Å². The van der Waals surface area contributed by atoms with E-state index in [1.807, 2.05) is 0 Å². The second-order valence-corrected chi connectivity index (χ2v) is 5.52. The van der Waals surface area contributed by atoms with Crippen molar-refractivity contribution in [3.05, 3.63) is 59.5 Å². The van der Waals surface area contributed by atoms with E-state index < -0.39 is 0 Å². The van der Waals surface area contributed by atoms with E-state index in [1.165, 1.54) is 5.56 Å². The van der Waals surface area contributed by atoms with Crippen LogP contribution in [0.15, 0.2) is 46.9 Å². The molecule has 0 aliphatic heterocycles. The molecule has 2 rings (SSSR count). The first kappa shape index (κ1) is 15.8. The molecule has 0 aliphatic carbocycles. The molecule has 3 heteroatoms. The summed E-state index contributed by atoms with van der Waals surface area (Å²) in [4.78, 5) is 2.30. The molecule has 114 valence electrons. The maximum atomic E-state index is 5.85. The van der Waals surface area contributed by atoms with Crippen LogP contribution in [0.5, 0.6) is 0 Å². The Morgan fingerprint density at radius 1 is 1.05 bits per heavy atom. The van der Waals surface area contributed by atoms with Crippen molar-refractivity contribution in [2.24, 2.45) is 0 Å². The predicted molar refractivity (Wildman–Crippen MR) is 87.2 cm³/mol. The largest absolute Gasteiger partial charge is 0.463 e. The Morgan fingerprint density at radius 2 is 1.81 bits per heavy atom. The molecule has 0 aliphatic rings. The van der Waals surface area contributed by atoms with E-state index in [0.29, 0.717) is 0 Å². The van der Waals surface area contributed by atoms with Crippen molar-refractivity contribution in [1.29, 1.82) is 0 Å². The third-order valence-corrected chi connectivity index (χ3v) is 3.49. The highest BCUT2D eigenvalue weighted by molar-refractivity contribution is 5.15. The first-order valence-corrected chi connectivity index (χ1v) is 7.78. The molecule has 1 heterocycles. The zero-order chi connectivity index (χ0) is 14.9. The molecule has 2 aromatic rings. The number of nitrogens with one attached hydrogen (secondary N) is 1. The standard InChI is InChI=1S/C18H26N2O/c1-3-12-19-14-17-9-10-18(21-17)15-20(2)13-11-16-7-5-4-6-8-16/h4-10,19H,3,11-15H2,1-2H3. The molecule has 21 heavy (non-hydrogen) atoms. The highest BCUT2D eigenvalue weighted by atomic mass is 16.3. The van der Waals surface area contributed by atoms with Crippen molar-refractivity contribution in [2.45, 2.75) is 32.9 Å². The molecule has 0 radical (unpaired) electrons. The van der Waals surface area contributed by atoms with E-state index in [9.17, 15) is 0 Å². The topological polar surface area (TPSA) is 28.4 Å². The highest BCUT2D eigenvalue weighted by Gasteiger charge is 2.05. The van der Waals surface area contributed by atoms with Crippen LogP contribution in [0.4, 0.5) is 0 Å². The van der Waals surface area contributed by atoms with E-state index >= 15 is 0 Å². The van der Waals surface area contributed by atoms with Crippen LogP contribution in [0, 0.1) is 0 Å². The summed E-state index contributed by atoms with van der Waals surface area (Å²) in [7, 11) is 2.14. The van der Waals surface area contributed by atoms with Crippen LogP contribution in [-0.2, 0) is 19.5 Å². The van der Waals surface area contributed by atoms with E-state index in [-0.39, 0.29) is 0 Å². The molecule has 1 aromatic heterocycles. The summed E-state index contributed by atoms with van der Waals surface area (Å²) in [5.41, 5.74) is 1.38. The number of furan rings is 1. The van der Waals surface area contributed by atoms with Gasteiger partial charge in [0.2, 0.25) is 0 Å². The average Bonchev–Trinajstić information content (AvgIpc) is 2.94. The molecule has 1 aromatic carbocycles. The summed E-state index contributed by atoms with van der Waals surface area (Å²) < 4.78 is 5.85. The molecule has 0 saturated heterocycles. The fourth-order valence-electron chi connectivity index (χ4n) is 2.30. The summed E-state index contributed by atoms with van der Waals surface area (Å²) in [6.45, 7) is 5.92. The molecule has 0 unspecified atom stereocenters. The third-order valence-electron chi connectivity index (χ3n) is 3.49. The molecule has 0 spiro atoms. The Bertz CT molecular complexity index is 507. The Labute approximate surface area is 128 Å². The zero-order valence-corrected chi connectivity index (χ0v) is 13.1. The van der Waals surface area contributed by atoms with E-state index in [1.54, 1.807) is 0 Å². The fourth-order valence-corrected chi connectivity index (χ4v) is 2.30. The SMILES string of the molecule is CCCNCc1ccc(CN(C)CCc2ccccc2)o1. The maximum absolute atomic E-state index is 5.85. The average molecular weight is 286 g/mol. The van der Waals surface area contributed by atoms with Crippen molar-refractivity contribution in [3.8, 4) is 0 Å². The maximum Gasteiger partial charge on any atom is 0.118 e. The Morgan fingerprint density at radius 3 is 2.57 bits per heavy atom. The van der Waals surface area contributed by atoms with Gasteiger partial charge in [0.1, 0.15) is 11.5 Å². The van der Waals surface area contributed by atoms with Crippen molar-refractivity contribution >= 4 is 0 Å². The Kier molecular flexibility index (Phi) is 6.51. The molecule has 0 saturated carbocycles. The van der Waals surface area contributed by atoms with Gasteiger partial charge in [-0.15, -0.1) is 0 Å². The summed E-state index contributed by atoms with van der Waals surface area (Å²) in [5.74, 6) is 2.06. The Hall–Kier alpha value is -1.58. The first-order chi connectivity index (χ1) is 10.3. The summed E-state index contributed by atoms with van der Waals surface area (Å²) in [5, 5.41) is 3.36. The van der Waals surface area contributed by atoms with Crippen LogP contribution in [0.3, 0.4) is 0 Å².